The SMILES string of the molecule is Cc1ncc(-c2nc3c(c(NC4CCc5[nH]c6cccnc6c5C4)n2)OCCN3)s1. The predicted octanol–water partition coefficient (Wildman–Crippen LogP) is 3.56. The third-order valence-electron chi connectivity index (χ3n) is 5.63. The van der Waals surface area contributed by atoms with E-state index in [1.165, 1.54) is 11.3 Å². The molecule has 4 aromatic heterocycles. The van der Waals surface area contributed by atoms with Gasteiger partial charge >= 0.3 is 0 Å². The molecule has 1 aliphatic carbocycles. The molecule has 6 rings (SSSR count). The van der Waals surface area contributed by atoms with Crippen LogP contribution in [0.3, 0.4) is 0 Å². The van der Waals surface area contributed by atoms with Gasteiger partial charge < -0.3 is 20.4 Å². The van der Waals surface area contributed by atoms with Crippen molar-refractivity contribution >= 4 is 34.0 Å². The standard InChI is InChI=1S/C21H21N7OS/c1-11-24-10-16(30-11)19-27-20-18(29-8-7-23-20)21(28-19)25-12-4-5-14-13(9-12)17-15(26-14)3-2-6-22-17/h2-3,6,10,12,26H,4-5,7-9H2,1H3,(H2,23,25,27,28). The van der Waals surface area contributed by atoms with Gasteiger partial charge in [0.25, 0.3) is 0 Å². The summed E-state index contributed by atoms with van der Waals surface area (Å²) in [5.74, 6) is 2.86. The molecule has 1 atom stereocenters. The Labute approximate surface area is 177 Å². The summed E-state index contributed by atoms with van der Waals surface area (Å²) in [4.78, 5) is 23.0. The summed E-state index contributed by atoms with van der Waals surface area (Å²) in [7, 11) is 0. The first-order chi connectivity index (χ1) is 14.7. The molecule has 1 unspecified atom stereocenters. The lowest BCUT2D eigenvalue weighted by atomic mass is 9.92. The zero-order valence-corrected chi connectivity index (χ0v) is 17.3. The summed E-state index contributed by atoms with van der Waals surface area (Å²) in [6, 6.07) is 4.31. The van der Waals surface area contributed by atoms with Crippen LogP contribution in [-0.2, 0) is 12.8 Å². The third kappa shape index (κ3) is 2.97. The zero-order valence-electron chi connectivity index (χ0n) is 16.5. The largest absolute Gasteiger partial charge is 0.485 e. The number of ether oxygens (including phenoxy) is 1. The van der Waals surface area contributed by atoms with Crippen LogP contribution >= 0.6 is 11.3 Å². The van der Waals surface area contributed by atoms with Gasteiger partial charge in [0.2, 0.25) is 5.75 Å². The van der Waals surface area contributed by atoms with E-state index in [1.807, 2.05) is 25.4 Å². The van der Waals surface area contributed by atoms with Gasteiger partial charge in [-0.05, 0) is 38.3 Å². The molecule has 3 N–H and O–H groups in total. The highest BCUT2D eigenvalue weighted by Crippen LogP contribution is 2.37. The van der Waals surface area contributed by atoms with Crippen molar-refractivity contribution in [1.82, 2.24) is 24.9 Å². The van der Waals surface area contributed by atoms with Gasteiger partial charge in [-0.1, -0.05) is 0 Å². The Morgan fingerprint density at radius 3 is 3.13 bits per heavy atom. The second-order valence-corrected chi connectivity index (χ2v) is 8.89. The summed E-state index contributed by atoms with van der Waals surface area (Å²) in [5, 5.41) is 7.99. The predicted molar refractivity (Wildman–Crippen MR) is 117 cm³/mol. The summed E-state index contributed by atoms with van der Waals surface area (Å²) < 4.78 is 5.94. The van der Waals surface area contributed by atoms with Crippen LogP contribution in [-0.4, -0.2) is 44.1 Å². The number of aromatic nitrogens is 5. The minimum absolute atomic E-state index is 0.249. The maximum absolute atomic E-state index is 5.94. The molecule has 0 saturated heterocycles. The Kier molecular flexibility index (Phi) is 4.08. The van der Waals surface area contributed by atoms with Gasteiger partial charge in [0, 0.05) is 29.7 Å². The molecule has 2 aliphatic rings. The van der Waals surface area contributed by atoms with Crippen molar-refractivity contribution in [2.45, 2.75) is 32.2 Å². The number of H-pyrrole nitrogens is 1. The van der Waals surface area contributed by atoms with Crippen molar-refractivity contribution in [3.63, 3.8) is 0 Å². The molecule has 0 bridgehead atoms. The van der Waals surface area contributed by atoms with Crippen LogP contribution in [0.25, 0.3) is 21.7 Å². The normalized spacial score (nSPS) is 17.7. The van der Waals surface area contributed by atoms with Gasteiger partial charge in [0.15, 0.2) is 17.5 Å². The first-order valence-electron chi connectivity index (χ1n) is 10.2. The summed E-state index contributed by atoms with van der Waals surface area (Å²) >= 11 is 1.59. The topological polar surface area (TPSA) is 101 Å². The Morgan fingerprint density at radius 1 is 1.27 bits per heavy atom. The van der Waals surface area contributed by atoms with Gasteiger partial charge in [0.1, 0.15) is 6.61 Å². The van der Waals surface area contributed by atoms with Crippen LogP contribution < -0.4 is 15.4 Å². The van der Waals surface area contributed by atoms with E-state index in [2.05, 4.69) is 36.6 Å². The minimum atomic E-state index is 0.249. The fourth-order valence-corrected chi connectivity index (χ4v) is 4.96. The zero-order chi connectivity index (χ0) is 20.1. The number of fused-ring (bicyclic) bond motifs is 4. The summed E-state index contributed by atoms with van der Waals surface area (Å²) in [6.45, 7) is 3.32. The van der Waals surface area contributed by atoms with Crippen LogP contribution in [0.4, 0.5) is 11.6 Å². The smallest absolute Gasteiger partial charge is 0.204 e. The lowest BCUT2D eigenvalue weighted by Crippen LogP contribution is -2.29. The molecular weight excluding hydrogens is 398 g/mol. The van der Waals surface area contributed by atoms with Crippen LogP contribution in [0.1, 0.15) is 22.7 Å². The lowest BCUT2D eigenvalue weighted by molar-refractivity contribution is 0.321. The second kappa shape index (κ2) is 6.94. The third-order valence-corrected chi connectivity index (χ3v) is 6.53. The monoisotopic (exact) mass is 419 g/mol. The van der Waals surface area contributed by atoms with E-state index in [4.69, 9.17) is 9.72 Å². The lowest BCUT2D eigenvalue weighted by Gasteiger charge is -2.27. The highest BCUT2D eigenvalue weighted by atomic mass is 32.1. The van der Waals surface area contributed by atoms with E-state index in [1.54, 1.807) is 11.3 Å². The second-order valence-electron chi connectivity index (χ2n) is 7.66. The maximum Gasteiger partial charge on any atom is 0.204 e. The molecule has 8 nitrogen and oxygen atoms in total. The Hall–Kier alpha value is -3.20. The number of aryl methyl sites for hydroxylation is 2. The Bertz CT molecular complexity index is 1250. The number of anilines is 2. The average molecular weight is 420 g/mol. The number of nitrogens with zero attached hydrogens (tertiary/aromatic N) is 4. The fourth-order valence-electron chi connectivity index (χ4n) is 4.25. The van der Waals surface area contributed by atoms with E-state index in [9.17, 15) is 0 Å². The number of thiazole rings is 1. The first-order valence-corrected chi connectivity index (χ1v) is 11.0. The van der Waals surface area contributed by atoms with Crippen molar-refractivity contribution in [1.29, 1.82) is 0 Å². The molecule has 0 amide bonds. The van der Waals surface area contributed by atoms with E-state index < -0.39 is 0 Å². The van der Waals surface area contributed by atoms with Gasteiger partial charge in [-0.3, -0.25) is 4.98 Å². The van der Waals surface area contributed by atoms with E-state index in [-0.39, 0.29) is 6.04 Å². The molecule has 152 valence electrons. The molecule has 0 aromatic carbocycles. The van der Waals surface area contributed by atoms with Crippen LogP contribution in [0, 0.1) is 6.92 Å². The maximum atomic E-state index is 5.94. The van der Waals surface area contributed by atoms with Crippen LogP contribution in [0.5, 0.6) is 5.75 Å². The Balaban J connectivity index is 1.35. The number of hydrogen-bond acceptors (Lipinski definition) is 8. The minimum Gasteiger partial charge on any atom is -0.485 e. The molecule has 0 spiro atoms. The van der Waals surface area contributed by atoms with Crippen LogP contribution in [0.2, 0.25) is 0 Å². The van der Waals surface area contributed by atoms with E-state index >= 15 is 0 Å². The van der Waals surface area contributed by atoms with Crippen molar-refractivity contribution in [3.8, 4) is 16.5 Å². The van der Waals surface area contributed by atoms with Gasteiger partial charge in [0.05, 0.1) is 27.5 Å². The molecular formula is C21H21N7OS. The van der Waals surface area contributed by atoms with Crippen molar-refractivity contribution in [2.75, 3.05) is 23.8 Å². The summed E-state index contributed by atoms with van der Waals surface area (Å²) in [5.41, 5.74) is 4.78. The highest BCUT2D eigenvalue weighted by Gasteiger charge is 2.27. The molecule has 0 saturated carbocycles. The quantitative estimate of drug-likeness (QED) is 0.467. The van der Waals surface area contributed by atoms with Gasteiger partial charge in [-0.15, -0.1) is 11.3 Å². The molecule has 5 heterocycles. The fraction of sp³-hybridized carbons (Fsp3) is 0.333. The molecule has 0 fully saturated rings. The number of nitrogens with one attached hydrogen (secondary N) is 3. The number of aromatic amines is 1. The highest BCUT2D eigenvalue weighted by molar-refractivity contribution is 7.14. The molecule has 0 radical (unpaired) electrons. The van der Waals surface area contributed by atoms with Gasteiger partial charge in [-0.25, -0.2) is 15.0 Å². The molecule has 9 heteroatoms. The van der Waals surface area contributed by atoms with Crippen molar-refractivity contribution < 1.29 is 4.74 Å². The number of rotatable bonds is 3. The average Bonchev–Trinajstić information content (AvgIpc) is 3.37. The molecule has 30 heavy (non-hydrogen) atoms. The summed E-state index contributed by atoms with van der Waals surface area (Å²) in [6.07, 6.45) is 6.59. The van der Waals surface area contributed by atoms with E-state index in [0.717, 1.165) is 58.4 Å². The number of hydrogen-bond donors (Lipinski definition) is 3. The Morgan fingerprint density at radius 2 is 2.23 bits per heavy atom. The van der Waals surface area contributed by atoms with Crippen LogP contribution in [0.15, 0.2) is 24.5 Å². The first kappa shape index (κ1) is 17.6. The molecule has 4 aromatic rings. The van der Waals surface area contributed by atoms with Gasteiger partial charge in [-0.2, -0.15) is 0 Å². The van der Waals surface area contributed by atoms with Crippen molar-refractivity contribution in [2.24, 2.45) is 0 Å². The number of pyridine rings is 1. The van der Waals surface area contributed by atoms with E-state index in [0.29, 0.717) is 18.2 Å². The van der Waals surface area contributed by atoms with Crippen molar-refractivity contribution in [3.05, 3.63) is 40.8 Å². The molecule has 1 aliphatic heterocycles.